The maximum Gasteiger partial charge on any atom is 0.308 e. The first-order chi connectivity index (χ1) is 9.49. The van der Waals surface area contributed by atoms with Crippen LogP contribution in [0.15, 0.2) is 22.7 Å². The molecule has 0 aromatic heterocycles. The molecule has 1 aliphatic rings. The minimum absolute atomic E-state index is 0.0749. The molecule has 1 aromatic carbocycles. The normalized spacial score (nSPS) is 22.3. The Labute approximate surface area is 124 Å². The van der Waals surface area contributed by atoms with Crippen LogP contribution in [0.25, 0.3) is 0 Å². The highest BCUT2D eigenvalue weighted by molar-refractivity contribution is 9.10. The van der Waals surface area contributed by atoms with Crippen LogP contribution in [0.3, 0.4) is 0 Å². The van der Waals surface area contributed by atoms with Crippen molar-refractivity contribution < 1.29 is 19.1 Å². The Hall–Kier alpha value is -1.43. The lowest BCUT2D eigenvalue weighted by molar-refractivity contribution is -0.143. The smallest absolute Gasteiger partial charge is 0.308 e. The van der Waals surface area contributed by atoms with Crippen molar-refractivity contribution in [1.29, 1.82) is 0 Å². The van der Waals surface area contributed by atoms with Gasteiger partial charge in [0.1, 0.15) is 5.82 Å². The molecule has 2 unspecified atom stereocenters. The molecule has 0 spiro atoms. The van der Waals surface area contributed by atoms with Gasteiger partial charge in [0.05, 0.1) is 11.5 Å². The average molecular weight is 344 g/mol. The van der Waals surface area contributed by atoms with Crippen LogP contribution in [0, 0.1) is 11.7 Å². The van der Waals surface area contributed by atoms with Crippen molar-refractivity contribution in [2.75, 3.05) is 0 Å². The summed E-state index contributed by atoms with van der Waals surface area (Å²) in [6.07, 6.45) is 2.86. The minimum atomic E-state index is -0.912. The molecule has 1 aliphatic carbocycles. The highest BCUT2D eigenvalue weighted by Crippen LogP contribution is 2.25. The number of carbonyl (C=O) groups is 2. The number of benzene rings is 1. The summed E-state index contributed by atoms with van der Waals surface area (Å²) in [6, 6.07) is 3.66. The van der Waals surface area contributed by atoms with E-state index in [9.17, 15) is 14.0 Å². The number of hydrogen-bond acceptors (Lipinski definition) is 2. The minimum Gasteiger partial charge on any atom is -0.481 e. The molecule has 108 valence electrons. The fraction of sp³-hybridized carbons (Fsp3) is 0.429. The van der Waals surface area contributed by atoms with Crippen molar-refractivity contribution >= 4 is 27.8 Å². The van der Waals surface area contributed by atoms with Crippen molar-refractivity contribution in [1.82, 2.24) is 5.32 Å². The number of carbonyl (C=O) groups excluding carboxylic acids is 1. The van der Waals surface area contributed by atoms with E-state index in [-0.39, 0.29) is 5.56 Å². The van der Waals surface area contributed by atoms with Gasteiger partial charge in [-0.05, 0) is 31.0 Å². The van der Waals surface area contributed by atoms with Gasteiger partial charge in [0.2, 0.25) is 0 Å². The van der Waals surface area contributed by atoms with Gasteiger partial charge in [-0.25, -0.2) is 4.39 Å². The van der Waals surface area contributed by atoms with Gasteiger partial charge < -0.3 is 10.4 Å². The van der Waals surface area contributed by atoms with Crippen LogP contribution in [0.2, 0.25) is 0 Å². The van der Waals surface area contributed by atoms with Gasteiger partial charge in [-0.3, -0.25) is 9.59 Å². The Morgan fingerprint density at radius 3 is 2.70 bits per heavy atom. The maximum atomic E-state index is 13.6. The average Bonchev–Trinajstić information content (AvgIpc) is 2.41. The van der Waals surface area contributed by atoms with E-state index < -0.39 is 29.7 Å². The first-order valence-corrected chi connectivity index (χ1v) is 7.27. The molecule has 1 amide bonds. The van der Waals surface area contributed by atoms with Crippen molar-refractivity contribution in [3.63, 3.8) is 0 Å². The van der Waals surface area contributed by atoms with Crippen LogP contribution < -0.4 is 5.32 Å². The third-order valence-corrected chi connectivity index (χ3v) is 4.07. The first-order valence-electron chi connectivity index (χ1n) is 6.48. The fourth-order valence-corrected chi connectivity index (χ4v) is 2.88. The number of amides is 1. The van der Waals surface area contributed by atoms with Crippen LogP contribution in [0.1, 0.15) is 36.0 Å². The summed E-state index contributed by atoms with van der Waals surface area (Å²) in [5, 5.41) is 11.8. The lowest BCUT2D eigenvalue weighted by atomic mass is 9.84. The fourth-order valence-electron chi connectivity index (χ4n) is 2.52. The number of carboxylic acids is 1. The van der Waals surface area contributed by atoms with E-state index in [0.717, 1.165) is 12.8 Å². The summed E-state index contributed by atoms with van der Waals surface area (Å²) in [5.41, 5.74) is -0.0749. The molecule has 6 heteroatoms. The van der Waals surface area contributed by atoms with Crippen LogP contribution >= 0.6 is 15.9 Å². The van der Waals surface area contributed by atoms with E-state index in [0.29, 0.717) is 17.3 Å². The van der Waals surface area contributed by atoms with Gasteiger partial charge in [-0.2, -0.15) is 0 Å². The topological polar surface area (TPSA) is 66.4 Å². The van der Waals surface area contributed by atoms with Crippen LogP contribution in [-0.4, -0.2) is 23.0 Å². The SMILES string of the molecule is O=C(NC1CCCCC1C(=O)O)c1cc(Br)ccc1F. The second kappa shape index (κ2) is 6.35. The molecule has 0 heterocycles. The number of nitrogens with one attached hydrogen (secondary N) is 1. The summed E-state index contributed by atoms with van der Waals surface area (Å²) >= 11 is 3.18. The zero-order valence-electron chi connectivity index (χ0n) is 10.7. The van der Waals surface area contributed by atoms with Crippen molar-refractivity contribution in [3.8, 4) is 0 Å². The van der Waals surface area contributed by atoms with Gasteiger partial charge in [-0.1, -0.05) is 28.8 Å². The Kier molecular flexibility index (Phi) is 4.75. The van der Waals surface area contributed by atoms with Crippen LogP contribution in [0.5, 0.6) is 0 Å². The standard InChI is InChI=1S/C14H15BrFNO3/c15-8-5-6-11(16)10(7-8)13(18)17-12-4-2-1-3-9(12)14(19)20/h5-7,9,12H,1-4H2,(H,17,18)(H,19,20). The van der Waals surface area contributed by atoms with E-state index in [1.807, 2.05) is 0 Å². The van der Waals surface area contributed by atoms with E-state index in [1.165, 1.54) is 18.2 Å². The van der Waals surface area contributed by atoms with E-state index in [2.05, 4.69) is 21.2 Å². The number of aliphatic carboxylic acids is 1. The number of carboxylic acid groups (broad SMARTS) is 1. The predicted octanol–water partition coefficient (Wildman–Crippen LogP) is 2.96. The van der Waals surface area contributed by atoms with Crippen molar-refractivity contribution in [2.24, 2.45) is 5.92 Å². The van der Waals surface area contributed by atoms with Gasteiger partial charge >= 0.3 is 5.97 Å². The molecule has 0 radical (unpaired) electrons. The predicted molar refractivity (Wildman–Crippen MR) is 74.9 cm³/mol. The molecule has 2 N–H and O–H groups in total. The van der Waals surface area contributed by atoms with Gasteiger partial charge in [0.15, 0.2) is 0 Å². The lowest BCUT2D eigenvalue weighted by Gasteiger charge is -2.29. The summed E-state index contributed by atoms with van der Waals surface area (Å²) < 4.78 is 14.2. The summed E-state index contributed by atoms with van der Waals surface area (Å²) in [6.45, 7) is 0. The second-order valence-corrected chi connectivity index (χ2v) is 5.85. The zero-order chi connectivity index (χ0) is 14.7. The van der Waals surface area contributed by atoms with Gasteiger partial charge in [0, 0.05) is 10.5 Å². The number of halogens is 2. The summed E-state index contributed by atoms with van der Waals surface area (Å²) in [7, 11) is 0. The van der Waals surface area contributed by atoms with Crippen LogP contribution in [-0.2, 0) is 4.79 Å². The van der Waals surface area contributed by atoms with Crippen molar-refractivity contribution in [3.05, 3.63) is 34.1 Å². The van der Waals surface area contributed by atoms with E-state index >= 15 is 0 Å². The van der Waals surface area contributed by atoms with E-state index in [1.54, 1.807) is 0 Å². The molecular weight excluding hydrogens is 329 g/mol. The molecule has 1 saturated carbocycles. The Morgan fingerprint density at radius 2 is 2.00 bits per heavy atom. The number of rotatable bonds is 3. The number of hydrogen-bond donors (Lipinski definition) is 2. The molecule has 0 saturated heterocycles. The molecule has 2 rings (SSSR count). The zero-order valence-corrected chi connectivity index (χ0v) is 12.3. The Morgan fingerprint density at radius 1 is 1.30 bits per heavy atom. The lowest BCUT2D eigenvalue weighted by Crippen LogP contribution is -2.45. The molecule has 1 fully saturated rings. The molecule has 20 heavy (non-hydrogen) atoms. The first kappa shape index (κ1) is 15.0. The van der Waals surface area contributed by atoms with E-state index in [4.69, 9.17) is 5.11 Å². The second-order valence-electron chi connectivity index (χ2n) is 4.93. The van der Waals surface area contributed by atoms with Gasteiger partial charge in [-0.15, -0.1) is 0 Å². The molecule has 1 aromatic rings. The highest BCUT2D eigenvalue weighted by atomic mass is 79.9. The molecule has 0 bridgehead atoms. The third kappa shape index (κ3) is 3.36. The van der Waals surface area contributed by atoms with Crippen molar-refractivity contribution in [2.45, 2.75) is 31.7 Å². The summed E-state index contributed by atoms with van der Waals surface area (Å²) in [4.78, 5) is 23.3. The largest absolute Gasteiger partial charge is 0.481 e. The molecule has 2 atom stereocenters. The highest BCUT2D eigenvalue weighted by Gasteiger charge is 2.32. The molecular formula is C14H15BrFNO3. The third-order valence-electron chi connectivity index (χ3n) is 3.57. The Balaban J connectivity index is 2.13. The van der Waals surface area contributed by atoms with Crippen LogP contribution in [0.4, 0.5) is 4.39 Å². The van der Waals surface area contributed by atoms with Gasteiger partial charge in [0.25, 0.3) is 5.91 Å². The Bertz CT molecular complexity index is 535. The summed E-state index contributed by atoms with van der Waals surface area (Å²) in [5.74, 6) is -2.69. The molecule has 4 nitrogen and oxygen atoms in total. The monoisotopic (exact) mass is 343 g/mol. The quantitative estimate of drug-likeness (QED) is 0.886. The molecule has 0 aliphatic heterocycles. The maximum absolute atomic E-state index is 13.6.